The Hall–Kier alpha value is -1.62. The Labute approximate surface area is 130 Å². The van der Waals surface area contributed by atoms with Crippen molar-refractivity contribution in [2.45, 2.75) is 32.2 Å². The standard InChI is InChI=1S/C16H22N2O2S/c1-3-9-18(16(20)14-6-5-12-21-14)13-7-10-17(11-8-13)15(19)4-2/h4-6,12-13H,2-3,7-11H2,1H3. The number of hydrogen-bond donors (Lipinski definition) is 0. The van der Waals surface area contributed by atoms with Gasteiger partial charge in [-0.25, -0.2) is 0 Å². The fourth-order valence-electron chi connectivity index (χ4n) is 2.76. The van der Waals surface area contributed by atoms with Crippen molar-refractivity contribution in [1.29, 1.82) is 0 Å². The van der Waals surface area contributed by atoms with E-state index in [1.54, 1.807) is 0 Å². The second kappa shape index (κ2) is 7.41. The van der Waals surface area contributed by atoms with Crippen molar-refractivity contribution in [3.63, 3.8) is 0 Å². The van der Waals surface area contributed by atoms with Gasteiger partial charge < -0.3 is 9.80 Å². The Bertz CT molecular complexity index is 490. The first kappa shape index (κ1) is 15.8. The van der Waals surface area contributed by atoms with Crippen LogP contribution in [0.1, 0.15) is 35.9 Å². The molecule has 1 aromatic rings. The molecule has 0 aliphatic carbocycles. The summed E-state index contributed by atoms with van der Waals surface area (Å²) >= 11 is 1.49. The van der Waals surface area contributed by atoms with Gasteiger partial charge in [0.05, 0.1) is 4.88 Å². The topological polar surface area (TPSA) is 40.6 Å². The molecule has 0 bridgehead atoms. The summed E-state index contributed by atoms with van der Waals surface area (Å²) in [6, 6.07) is 4.02. The van der Waals surface area contributed by atoms with Gasteiger partial charge >= 0.3 is 0 Å². The number of carbonyl (C=O) groups is 2. The minimum absolute atomic E-state index is 0.0138. The van der Waals surface area contributed by atoms with Crippen LogP contribution in [0.3, 0.4) is 0 Å². The number of rotatable bonds is 5. The van der Waals surface area contributed by atoms with Crippen LogP contribution in [0.2, 0.25) is 0 Å². The van der Waals surface area contributed by atoms with Gasteiger partial charge in [0.15, 0.2) is 0 Å². The summed E-state index contributed by atoms with van der Waals surface area (Å²) in [6.07, 6.45) is 4.00. The highest BCUT2D eigenvalue weighted by Gasteiger charge is 2.29. The van der Waals surface area contributed by atoms with Crippen LogP contribution in [-0.2, 0) is 4.79 Å². The molecule has 5 heteroatoms. The van der Waals surface area contributed by atoms with Crippen LogP contribution in [0.25, 0.3) is 0 Å². The molecular formula is C16H22N2O2S. The molecule has 1 aliphatic rings. The average Bonchev–Trinajstić information content (AvgIpc) is 3.06. The Morgan fingerprint density at radius 3 is 2.71 bits per heavy atom. The lowest BCUT2D eigenvalue weighted by Crippen LogP contribution is -2.48. The lowest BCUT2D eigenvalue weighted by Gasteiger charge is -2.38. The van der Waals surface area contributed by atoms with E-state index in [0.29, 0.717) is 13.1 Å². The van der Waals surface area contributed by atoms with E-state index in [4.69, 9.17) is 0 Å². The number of thiophene rings is 1. The van der Waals surface area contributed by atoms with Gasteiger partial charge in [0, 0.05) is 25.7 Å². The molecule has 114 valence electrons. The number of likely N-dealkylation sites (tertiary alicyclic amines) is 1. The first-order valence-electron chi connectivity index (χ1n) is 7.43. The molecule has 2 rings (SSSR count). The van der Waals surface area contributed by atoms with Crippen molar-refractivity contribution in [3.8, 4) is 0 Å². The normalized spacial score (nSPS) is 15.8. The number of nitrogens with zero attached hydrogens (tertiary/aromatic N) is 2. The van der Waals surface area contributed by atoms with Crippen LogP contribution in [-0.4, -0.2) is 47.3 Å². The second-order valence-electron chi connectivity index (χ2n) is 5.24. The zero-order chi connectivity index (χ0) is 15.2. The number of carbonyl (C=O) groups excluding carboxylic acids is 2. The Balaban J connectivity index is 2.02. The molecule has 1 aromatic heterocycles. The summed E-state index contributed by atoms with van der Waals surface area (Å²) in [5, 5.41) is 1.93. The zero-order valence-electron chi connectivity index (χ0n) is 12.5. The highest BCUT2D eigenvalue weighted by molar-refractivity contribution is 7.12. The third-order valence-electron chi connectivity index (χ3n) is 3.85. The van der Waals surface area contributed by atoms with Crippen LogP contribution < -0.4 is 0 Å². The molecule has 0 unspecified atom stereocenters. The monoisotopic (exact) mass is 306 g/mol. The van der Waals surface area contributed by atoms with Crippen LogP contribution in [0.15, 0.2) is 30.2 Å². The highest BCUT2D eigenvalue weighted by Crippen LogP contribution is 2.21. The number of piperidine rings is 1. The summed E-state index contributed by atoms with van der Waals surface area (Å²) in [6.45, 7) is 7.79. The molecular weight excluding hydrogens is 284 g/mol. The van der Waals surface area contributed by atoms with E-state index in [1.165, 1.54) is 17.4 Å². The number of amides is 2. The molecule has 0 atom stereocenters. The second-order valence-corrected chi connectivity index (χ2v) is 6.18. The molecule has 0 saturated carbocycles. The third-order valence-corrected chi connectivity index (χ3v) is 4.71. The maximum absolute atomic E-state index is 12.6. The van der Waals surface area contributed by atoms with Crippen molar-refractivity contribution >= 4 is 23.2 Å². The minimum atomic E-state index is -0.0138. The maximum Gasteiger partial charge on any atom is 0.264 e. The van der Waals surface area contributed by atoms with E-state index in [-0.39, 0.29) is 17.9 Å². The van der Waals surface area contributed by atoms with Crippen molar-refractivity contribution in [3.05, 3.63) is 35.0 Å². The molecule has 1 saturated heterocycles. The predicted octanol–water partition coefficient (Wildman–Crippen LogP) is 2.78. The lowest BCUT2D eigenvalue weighted by molar-refractivity contribution is -0.127. The molecule has 0 aromatic carbocycles. The smallest absolute Gasteiger partial charge is 0.264 e. The number of hydrogen-bond acceptors (Lipinski definition) is 3. The molecule has 1 aliphatic heterocycles. The molecule has 1 fully saturated rings. The van der Waals surface area contributed by atoms with Crippen LogP contribution in [0.4, 0.5) is 0 Å². The van der Waals surface area contributed by atoms with E-state index in [2.05, 4.69) is 13.5 Å². The molecule has 2 heterocycles. The fourth-order valence-corrected chi connectivity index (χ4v) is 3.44. The SMILES string of the molecule is C=CC(=O)N1CCC(N(CCC)C(=O)c2cccs2)CC1. The summed E-state index contributed by atoms with van der Waals surface area (Å²) in [7, 11) is 0. The molecule has 4 nitrogen and oxygen atoms in total. The van der Waals surface area contributed by atoms with E-state index in [0.717, 1.165) is 30.7 Å². The van der Waals surface area contributed by atoms with Crippen molar-refractivity contribution in [1.82, 2.24) is 9.80 Å². The quantitative estimate of drug-likeness (QED) is 0.785. The maximum atomic E-state index is 12.6. The first-order chi connectivity index (χ1) is 10.2. The Morgan fingerprint density at radius 1 is 1.48 bits per heavy atom. The van der Waals surface area contributed by atoms with Gasteiger partial charge in [-0.3, -0.25) is 9.59 Å². The molecule has 0 N–H and O–H groups in total. The fraction of sp³-hybridized carbons (Fsp3) is 0.500. The van der Waals surface area contributed by atoms with Crippen LogP contribution >= 0.6 is 11.3 Å². The third kappa shape index (κ3) is 3.73. The van der Waals surface area contributed by atoms with Gasteiger partial charge in [0.1, 0.15) is 0 Å². The van der Waals surface area contributed by atoms with E-state index in [9.17, 15) is 9.59 Å². The van der Waals surface area contributed by atoms with Crippen LogP contribution in [0.5, 0.6) is 0 Å². The minimum Gasteiger partial charge on any atom is -0.339 e. The van der Waals surface area contributed by atoms with Gasteiger partial charge in [0.25, 0.3) is 5.91 Å². The van der Waals surface area contributed by atoms with Gasteiger partial charge in [-0.1, -0.05) is 19.6 Å². The zero-order valence-corrected chi connectivity index (χ0v) is 13.3. The average molecular weight is 306 g/mol. The highest BCUT2D eigenvalue weighted by atomic mass is 32.1. The molecule has 0 radical (unpaired) electrons. The summed E-state index contributed by atoms with van der Waals surface area (Å²) in [5.74, 6) is 0.112. The summed E-state index contributed by atoms with van der Waals surface area (Å²) in [5.41, 5.74) is 0. The van der Waals surface area contributed by atoms with Crippen molar-refractivity contribution < 1.29 is 9.59 Å². The Kier molecular flexibility index (Phi) is 5.56. The molecule has 2 amide bonds. The Morgan fingerprint density at radius 2 is 2.19 bits per heavy atom. The first-order valence-corrected chi connectivity index (χ1v) is 8.31. The van der Waals surface area contributed by atoms with E-state index >= 15 is 0 Å². The van der Waals surface area contributed by atoms with Gasteiger partial charge in [-0.2, -0.15) is 0 Å². The van der Waals surface area contributed by atoms with Gasteiger partial charge in [0.2, 0.25) is 5.91 Å². The largest absolute Gasteiger partial charge is 0.339 e. The predicted molar refractivity (Wildman–Crippen MR) is 85.4 cm³/mol. The molecule has 0 spiro atoms. The van der Waals surface area contributed by atoms with Gasteiger partial charge in [-0.15, -0.1) is 11.3 Å². The van der Waals surface area contributed by atoms with E-state index < -0.39 is 0 Å². The lowest BCUT2D eigenvalue weighted by atomic mass is 10.0. The van der Waals surface area contributed by atoms with Gasteiger partial charge in [-0.05, 0) is 36.8 Å². The van der Waals surface area contributed by atoms with E-state index in [1.807, 2.05) is 27.3 Å². The molecule has 21 heavy (non-hydrogen) atoms. The summed E-state index contributed by atoms with van der Waals surface area (Å²) < 4.78 is 0. The van der Waals surface area contributed by atoms with Crippen molar-refractivity contribution in [2.75, 3.05) is 19.6 Å². The summed E-state index contributed by atoms with van der Waals surface area (Å²) in [4.78, 5) is 28.8. The van der Waals surface area contributed by atoms with Crippen molar-refractivity contribution in [2.24, 2.45) is 0 Å². The van der Waals surface area contributed by atoms with Crippen LogP contribution in [0, 0.1) is 0 Å².